The summed E-state index contributed by atoms with van der Waals surface area (Å²) in [7, 11) is 0. The summed E-state index contributed by atoms with van der Waals surface area (Å²) in [5, 5.41) is 0. The van der Waals surface area contributed by atoms with Crippen LogP contribution in [0.2, 0.25) is 0 Å². The van der Waals surface area contributed by atoms with Gasteiger partial charge in [0.2, 0.25) is 0 Å². The molecule has 4 aromatic carbocycles. The third-order valence-electron chi connectivity index (χ3n) is 4.52. The second-order valence-electron chi connectivity index (χ2n) is 6.48. The molecular weight excluding hydrogens is 345 g/mol. The van der Waals surface area contributed by atoms with Crippen LogP contribution >= 0.6 is 0 Å². The lowest BCUT2D eigenvalue weighted by molar-refractivity contribution is 0.628. The Labute approximate surface area is 165 Å². The van der Waals surface area contributed by atoms with Gasteiger partial charge in [-0.2, -0.15) is 0 Å². The lowest BCUT2D eigenvalue weighted by Crippen LogP contribution is -2.09. The van der Waals surface area contributed by atoms with E-state index in [1.54, 1.807) is 12.1 Å². The third-order valence-corrected chi connectivity index (χ3v) is 4.52. The molecule has 136 valence electrons. The minimum Gasteiger partial charge on any atom is -0.311 e. The average Bonchev–Trinajstić information content (AvgIpc) is 2.76. The molecule has 0 unspecified atom stereocenters. The Morgan fingerprint density at radius 2 is 0.857 bits per heavy atom. The van der Waals surface area contributed by atoms with E-state index >= 15 is 0 Å². The SMILES string of the molecule is Fc1ccc(C=Cc2ccc(N(c3ccccc3)c3ccccc3)cc2)cc1. The van der Waals surface area contributed by atoms with Crippen molar-refractivity contribution in [3.05, 3.63) is 126 Å². The van der Waals surface area contributed by atoms with Gasteiger partial charge in [0.25, 0.3) is 0 Å². The molecule has 0 aliphatic rings. The first-order chi connectivity index (χ1) is 13.8. The molecule has 0 aromatic heterocycles. The van der Waals surface area contributed by atoms with Crippen LogP contribution in [0.25, 0.3) is 12.2 Å². The molecule has 0 saturated heterocycles. The summed E-state index contributed by atoms with van der Waals surface area (Å²) in [5.41, 5.74) is 5.39. The zero-order valence-electron chi connectivity index (χ0n) is 15.4. The second kappa shape index (κ2) is 8.36. The number of nitrogens with zero attached hydrogens (tertiary/aromatic N) is 1. The summed E-state index contributed by atoms with van der Waals surface area (Å²) in [4.78, 5) is 2.23. The highest BCUT2D eigenvalue weighted by Gasteiger charge is 2.11. The Hall–Kier alpha value is -3.65. The van der Waals surface area contributed by atoms with Gasteiger partial charge in [0.05, 0.1) is 0 Å². The molecule has 0 amide bonds. The quantitative estimate of drug-likeness (QED) is 0.332. The summed E-state index contributed by atoms with van der Waals surface area (Å²) in [6.45, 7) is 0. The summed E-state index contributed by atoms with van der Waals surface area (Å²) >= 11 is 0. The molecule has 0 aliphatic heterocycles. The van der Waals surface area contributed by atoms with Crippen LogP contribution in [0.5, 0.6) is 0 Å². The van der Waals surface area contributed by atoms with Gasteiger partial charge in [0.1, 0.15) is 5.82 Å². The predicted octanol–water partition coefficient (Wildman–Crippen LogP) is 7.47. The van der Waals surface area contributed by atoms with Gasteiger partial charge in [0.15, 0.2) is 0 Å². The Bertz CT molecular complexity index is 998. The van der Waals surface area contributed by atoms with Crippen LogP contribution in [0.1, 0.15) is 11.1 Å². The fourth-order valence-electron chi connectivity index (χ4n) is 3.10. The maximum Gasteiger partial charge on any atom is 0.123 e. The van der Waals surface area contributed by atoms with E-state index in [1.807, 2.05) is 48.6 Å². The van der Waals surface area contributed by atoms with Gasteiger partial charge >= 0.3 is 0 Å². The molecule has 2 heteroatoms. The summed E-state index contributed by atoms with van der Waals surface area (Å²) < 4.78 is 13.0. The van der Waals surface area contributed by atoms with Crippen molar-refractivity contribution in [1.82, 2.24) is 0 Å². The minimum atomic E-state index is -0.219. The van der Waals surface area contributed by atoms with Gasteiger partial charge in [-0.25, -0.2) is 4.39 Å². The molecule has 0 atom stereocenters. The molecule has 0 saturated carbocycles. The smallest absolute Gasteiger partial charge is 0.123 e. The number of benzene rings is 4. The van der Waals surface area contributed by atoms with Gasteiger partial charge in [-0.15, -0.1) is 0 Å². The van der Waals surface area contributed by atoms with Gasteiger partial charge in [0, 0.05) is 17.1 Å². The second-order valence-corrected chi connectivity index (χ2v) is 6.48. The highest BCUT2D eigenvalue weighted by Crippen LogP contribution is 2.34. The third kappa shape index (κ3) is 4.18. The number of hydrogen-bond acceptors (Lipinski definition) is 1. The standard InChI is InChI=1S/C26H20FN/c27-23-17-13-21(14-18-23)11-12-22-15-19-26(20-16-22)28(24-7-3-1-4-8-24)25-9-5-2-6-10-25/h1-20H. The predicted molar refractivity (Wildman–Crippen MR) is 116 cm³/mol. The number of para-hydroxylation sites is 2. The Morgan fingerprint density at radius 3 is 1.32 bits per heavy atom. The van der Waals surface area contributed by atoms with Gasteiger partial charge < -0.3 is 4.90 Å². The van der Waals surface area contributed by atoms with Crippen LogP contribution in [0.15, 0.2) is 109 Å². The number of rotatable bonds is 5. The largest absolute Gasteiger partial charge is 0.311 e. The molecule has 28 heavy (non-hydrogen) atoms. The van der Waals surface area contributed by atoms with Crippen molar-refractivity contribution >= 4 is 29.2 Å². The highest BCUT2D eigenvalue weighted by molar-refractivity contribution is 5.78. The molecule has 1 nitrogen and oxygen atoms in total. The van der Waals surface area contributed by atoms with Crippen LogP contribution < -0.4 is 4.90 Å². The lowest BCUT2D eigenvalue weighted by atomic mass is 10.1. The van der Waals surface area contributed by atoms with E-state index in [-0.39, 0.29) is 5.82 Å². The van der Waals surface area contributed by atoms with E-state index in [1.165, 1.54) is 12.1 Å². The maximum absolute atomic E-state index is 13.0. The average molecular weight is 365 g/mol. The molecule has 0 spiro atoms. The van der Waals surface area contributed by atoms with E-state index in [4.69, 9.17) is 0 Å². The van der Waals surface area contributed by atoms with Crippen molar-refractivity contribution in [3.63, 3.8) is 0 Å². The molecule has 0 aliphatic carbocycles. The van der Waals surface area contributed by atoms with Crippen molar-refractivity contribution < 1.29 is 4.39 Å². The fourth-order valence-corrected chi connectivity index (χ4v) is 3.10. The van der Waals surface area contributed by atoms with Gasteiger partial charge in [-0.1, -0.05) is 72.8 Å². The zero-order chi connectivity index (χ0) is 19.2. The lowest BCUT2D eigenvalue weighted by Gasteiger charge is -2.25. The number of halogens is 1. The molecule has 0 fully saturated rings. The van der Waals surface area contributed by atoms with Crippen molar-refractivity contribution in [2.24, 2.45) is 0 Å². The first-order valence-electron chi connectivity index (χ1n) is 9.23. The van der Waals surface area contributed by atoms with E-state index in [2.05, 4.69) is 53.4 Å². The van der Waals surface area contributed by atoms with Crippen molar-refractivity contribution in [2.45, 2.75) is 0 Å². The Kier molecular flexibility index (Phi) is 5.30. The molecule has 0 heterocycles. The number of hydrogen-bond donors (Lipinski definition) is 0. The first-order valence-corrected chi connectivity index (χ1v) is 9.23. The molecular formula is C26H20FN. The van der Waals surface area contributed by atoms with Crippen LogP contribution in [-0.4, -0.2) is 0 Å². The topological polar surface area (TPSA) is 3.24 Å². The van der Waals surface area contributed by atoms with Crippen LogP contribution in [-0.2, 0) is 0 Å². The highest BCUT2D eigenvalue weighted by atomic mass is 19.1. The fraction of sp³-hybridized carbons (Fsp3) is 0. The van der Waals surface area contributed by atoms with E-state index in [0.29, 0.717) is 0 Å². The molecule has 4 rings (SSSR count). The summed E-state index contributed by atoms with van der Waals surface area (Å²) in [6, 6.07) is 35.6. The van der Waals surface area contributed by atoms with Gasteiger partial charge in [-0.05, 0) is 59.7 Å². The molecule has 0 bridgehead atoms. The monoisotopic (exact) mass is 365 g/mol. The molecule has 0 N–H and O–H groups in total. The first kappa shape index (κ1) is 17.7. The van der Waals surface area contributed by atoms with Gasteiger partial charge in [-0.3, -0.25) is 0 Å². The zero-order valence-corrected chi connectivity index (χ0v) is 15.4. The summed E-state index contributed by atoms with van der Waals surface area (Å²) in [6.07, 6.45) is 4.02. The Morgan fingerprint density at radius 1 is 0.464 bits per heavy atom. The minimum absolute atomic E-state index is 0.219. The van der Waals surface area contributed by atoms with Crippen LogP contribution in [0.3, 0.4) is 0 Å². The normalized spacial score (nSPS) is 10.9. The molecule has 4 aromatic rings. The Balaban J connectivity index is 1.62. The molecule has 0 radical (unpaired) electrons. The number of anilines is 3. The van der Waals surface area contributed by atoms with E-state index in [9.17, 15) is 4.39 Å². The van der Waals surface area contributed by atoms with E-state index < -0.39 is 0 Å². The van der Waals surface area contributed by atoms with Crippen molar-refractivity contribution in [3.8, 4) is 0 Å². The maximum atomic E-state index is 13.0. The van der Waals surface area contributed by atoms with Crippen molar-refractivity contribution in [1.29, 1.82) is 0 Å². The van der Waals surface area contributed by atoms with E-state index in [0.717, 1.165) is 28.2 Å². The summed E-state index contributed by atoms with van der Waals surface area (Å²) in [5.74, 6) is -0.219. The van der Waals surface area contributed by atoms with Crippen LogP contribution in [0.4, 0.5) is 21.5 Å². The van der Waals surface area contributed by atoms with Crippen LogP contribution in [0, 0.1) is 5.82 Å². The van der Waals surface area contributed by atoms with Crippen molar-refractivity contribution in [2.75, 3.05) is 4.90 Å².